The molecule has 0 aliphatic heterocycles. The zero-order valence-corrected chi connectivity index (χ0v) is 14.9. The lowest BCUT2D eigenvalue weighted by molar-refractivity contribution is -0.118. The quantitative estimate of drug-likeness (QED) is 0.651. The molecule has 0 unspecified atom stereocenters. The normalized spacial score (nSPS) is 12.6. The third kappa shape index (κ3) is 4.78. The summed E-state index contributed by atoms with van der Waals surface area (Å²) < 4.78 is 27.6. The third-order valence-electron chi connectivity index (χ3n) is 3.73. The average Bonchev–Trinajstić information content (AvgIpc) is 2.62. The summed E-state index contributed by atoms with van der Waals surface area (Å²) >= 11 is 0. The lowest BCUT2D eigenvalue weighted by Crippen LogP contribution is -2.15. The fourth-order valence-electron chi connectivity index (χ4n) is 2.19. The number of hydrogen-bond acceptors (Lipinski definition) is 5. The van der Waals surface area contributed by atoms with Gasteiger partial charge in [0.25, 0.3) is 0 Å². The Morgan fingerprint density at radius 1 is 1.00 bits per heavy atom. The molecule has 2 rings (SSSR count). The first-order valence-electron chi connectivity index (χ1n) is 7.53. The summed E-state index contributed by atoms with van der Waals surface area (Å²) in [5, 5.41) is 0. The molecule has 2 aromatic carbocycles. The van der Waals surface area contributed by atoms with E-state index in [-0.39, 0.29) is 11.9 Å². The minimum Gasteiger partial charge on any atom is -0.457 e. The largest absolute Gasteiger partial charge is 0.457 e. The van der Waals surface area contributed by atoms with Crippen molar-refractivity contribution in [3.05, 3.63) is 60.2 Å². The van der Waals surface area contributed by atoms with Crippen LogP contribution in [0.25, 0.3) is 0 Å². The Morgan fingerprint density at radius 3 is 2.25 bits per heavy atom. The SMILES string of the molecule is COP(=O)(CC(=O)[C@@H](C)c1cccc(Oc2ccccc2)c1)OC. The van der Waals surface area contributed by atoms with E-state index < -0.39 is 13.5 Å². The van der Waals surface area contributed by atoms with Crippen LogP contribution in [0.15, 0.2) is 54.6 Å². The number of ether oxygens (including phenoxy) is 1. The number of carbonyl (C=O) groups excluding carboxylic acids is 1. The third-order valence-corrected chi connectivity index (χ3v) is 5.54. The molecule has 6 heteroatoms. The summed E-state index contributed by atoms with van der Waals surface area (Å²) in [5.41, 5.74) is 0.784. The summed E-state index contributed by atoms with van der Waals surface area (Å²) in [7, 11) is -0.810. The standard InChI is InChI=1S/C18H21O5P/c1-14(18(19)13-24(20,21-2)22-3)15-8-7-11-17(12-15)23-16-9-5-4-6-10-16/h4-12,14H,13H2,1-3H3/t14-/m0/s1. The minimum atomic E-state index is -3.36. The van der Waals surface area contributed by atoms with Crippen LogP contribution < -0.4 is 4.74 Å². The topological polar surface area (TPSA) is 61.8 Å². The van der Waals surface area contributed by atoms with Crippen LogP contribution in [0.3, 0.4) is 0 Å². The van der Waals surface area contributed by atoms with Crippen LogP contribution in [0.1, 0.15) is 18.4 Å². The van der Waals surface area contributed by atoms with E-state index in [1.54, 1.807) is 13.0 Å². The van der Waals surface area contributed by atoms with Crippen LogP contribution in [0.2, 0.25) is 0 Å². The minimum absolute atomic E-state index is 0.209. The summed E-state index contributed by atoms with van der Waals surface area (Å²) in [4.78, 5) is 12.4. The highest BCUT2D eigenvalue weighted by Gasteiger charge is 2.29. The molecule has 0 saturated carbocycles. The Hall–Kier alpha value is -1.94. The zero-order valence-electron chi connectivity index (χ0n) is 14.0. The molecule has 1 atom stereocenters. The molecule has 0 saturated heterocycles. The predicted molar refractivity (Wildman–Crippen MR) is 92.9 cm³/mol. The second-order valence-corrected chi connectivity index (χ2v) is 7.58. The number of rotatable bonds is 8. The maximum absolute atomic E-state index is 12.4. The number of carbonyl (C=O) groups is 1. The Morgan fingerprint density at radius 2 is 1.62 bits per heavy atom. The van der Waals surface area contributed by atoms with Crippen molar-refractivity contribution in [2.45, 2.75) is 12.8 Å². The molecule has 5 nitrogen and oxygen atoms in total. The van der Waals surface area contributed by atoms with Crippen molar-refractivity contribution in [1.82, 2.24) is 0 Å². The molecule has 0 N–H and O–H groups in total. The summed E-state index contributed by atoms with van der Waals surface area (Å²) in [6, 6.07) is 16.7. The number of ketones is 1. The van der Waals surface area contributed by atoms with E-state index in [0.29, 0.717) is 5.75 Å². The Balaban J connectivity index is 2.12. The number of para-hydroxylation sites is 1. The van der Waals surface area contributed by atoms with Crippen LogP contribution >= 0.6 is 7.60 Å². The van der Waals surface area contributed by atoms with Gasteiger partial charge in [-0.2, -0.15) is 0 Å². The Kier molecular flexibility index (Phi) is 6.32. The molecule has 24 heavy (non-hydrogen) atoms. The van der Waals surface area contributed by atoms with Gasteiger partial charge in [0.2, 0.25) is 0 Å². The summed E-state index contributed by atoms with van der Waals surface area (Å²) in [6.45, 7) is 1.76. The van der Waals surface area contributed by atoms with Gasteiger partial charge in [-0.15, -0.1) is 0 Å². The average molecular weight is 348 g/mol. The van der Waals surface area contributed by atoms with Crippen molar-refractivity contribution in [1.29, 1.82) is 0 Å². The van der Waals surface area contributed by atoms with Crippen molar-refractivity contribution >= 4 is 13.4 Å². The molecular weight excluding hydrogens is 327 g/mol. The monoisotopic (exact) mass is 348 g/mol. The first kappa shape index (κ1) is 18.4. The highest BCUT2D eigenvalue weighted by atomic mass is 31.2. The van der Waals surface area contributed by atoms with Gasteiger partial charge in [0.05, 0.1) is 0 Å². The number of benzene rings is 2. The molecule has 2 aromatic rings. The van der Waals surface area contributed by atoms with E-state index >= 15 is 0 Å². The lowest BCUT2D eigenvalue weighted by atomic mass is 9.97. The van der Waals surface area contributed by atoms with Crippen LogP contribution in [0, 0.1) is 0 Å². The molecule has 0 bridgehead atoms. The molecule has 0 aromatic heterocycles. The van der Waals surface area contributed by atoms with Gasteiger partial charge in [-0.1, -0.05) is 37.3 Å². The summed E-state index contributed by atoms with van der Waals surface area (Å²) in [5.74, 6) is 0.707. The van der Waals surface area contributed by atoms with E-state index in [4.69, 9.17) is 13.8 Å². The van der Waals surface area contributed by atoms with Crippen molar-refractivity contribution in [3.8, 4) is 11.5 Å². The van der Waals surface area contributed by atoms with E-state index in [0.717, 1.165) is 11.3 Å². The Labute approximate surface area is 142 Å². The van der Waals surface area contributed by atoms with Crippen LogP contribution in [0.4, 0.5) is 0 Å². The van der Waals surface area contributed by atoms with Gasteiger partial charge in [0, 0.05) is 20.1 Å². The maximum Gasteiger partial charge on any atom is 0.337 e. The maximum atomic E-state index is 12.4. The molecular formula is C18H21O5P. The van der Waals surface area contributed by atoms with Crippen LogP contribution in [-0.4, -0.2) is 26.2 Å². The molecule has 0 fully saturated rings. The van der Waals surface area contributed by atoms with Gasteiger partial charge in [0.15, 0.2) is 5.78 Å². The van der Waals surface area contributed by atoms with Crippen molar-refractivity contribution in [2.75, 3.05) is 20.4 Å². The first-order chi connectivity index (χ1) is 11.5. The highest BCUT2D eigenvalue weighted by Crippen LogP contribution is 2.47. The molecule has 0 aliphatic rings. The second-order valence-electron chi connectivity index (χ2n) is 5.31. The van der Waals surface area contributed by atoms with Crippen molar-refractivity contribution < 1.29 is 23.1 Å². The molecule has 0 heterocycles. The van der Waals surface area contributed by atoms with Crippen LogP contribution in [-0.2, 0) is 18.4 Å². The second kappa shape index (κ2) is 8.25. The fourth-order valence-corrected chi connectivity index (χ4v) is 3.25. The fraction of sp³-hybridized carbons (Fsp3) is 0.278. The van der Waals surface area contributed by atoms with E-state index in [2.05, 4.69) is 0 Å². The van der Waals surface area contributed by atoms with Gasteiger partial charge in [-0.25, -0.2) is 0 Å². The smallest absolute Gasteiger partial charge is 0.337 e. The molecule has 0 aliphatic carbocycles. The van der Waals surface area contributed by atoms with Gasteiger partial charge >= 0.3 is 7.60 Å². The Bertz CT molecular complexity index is 721. The number of hydrogen-bond donors (Lipinski definition) is 0. The van der Waals surface area contributed by atoms with Gasteiger partial charge in [-0.3, -0.25) is 9.36 Å². The lowest BCUT2D eigenvalue weighted by Gasteiger charge is -2.16. The van der Waals surface area contributed by atoms with Crippen molar-refractivity contribution in [3.63, 3.8) is 0 Å². The van der Waals surface area contributed by atoms with Crippen molar-refractivity contribution in [2.24, 2.45) is 0 Å². The van der Waals surface area contributed by atoms with Gasteiger partial charge in [0.1, 0.15) is 17.7 Å². The van der Waals surface area contributed by atoms with E-state index in [9.17, 15) is 9.36 Å². The molecule has 0 radical (unpaired) electrons. The van der Waals surface area contributed by atoms with Crippen LogP contribution in [0.5, 0.6) is 11.5 Å². The zero-order chi connectivity index (χ0) is 17.6. The van der Waals surface area contributed by atoms with Gasteiger partial charge < -0.3 is 13.8 Å². The van der Waals surface area contributed by atoms with Gasteiger partial charge in [-0.05, 0) is 29.8 Å². The van der Waals surface area contributed by atoms with E-state index in [1.807, 2.05) is 48.5 Å². The molecule has 0 amide bonds. The number of Topliss-reactive ketones (excluding diaryl/α,β-unsaturated/α-hetero) is 1. The molecule has 0 spiro atoms. The summed E-state index contributed by atoms with van der Waals surface area (Å²) in [6.07, 6.45) is -0.259. The predicted octanol–water partition coefficient (Wildman–Crippen LogP) is 4.64. The van der Waals surface area contributed by atoms with E-state index in [1.165, 1.54) is 14.2 Å². The first-order valence-corrected chi connectivity index (χ1v) is 9.26. The highest BCUT2D eigenvalue weighted by molar-refractivity contribution is 7.54. The molecule has 128 valence electrons.